The number of hydrogen-bond donors (Lipinski definition) is 1. The number of thiol groups is 1. The van der Waals surface area contributed by atoms with E-state index in [9.17, 15) is 23.3 Å². The van der Waals surface area contributed by atoms with Crippen molar-refractivity contribution in [1.29, 1.82) is 0 Å². The fourth-order valence-electron chi connectivity index (χ4n) is 1.01. The summed E-state index contributed by atoms with van der Waals surface area (Å²) in [5.74, 6) is 0. The highest BCUT2D eigenvalue weighted by Crippen LogP contribution is 2.41. The molecule has 3 nitrogen and oxygen atoms in total. The normalized spacial score (nSPS) is 11.5. The molecule has 1 rings (SSSR count). The maximum atomic E-state index is 12.5. The molecule has 0 saturated carbocycles. The van der Waals surface area contributed by atoms with Crippen molar-refractivity contribution >= 4 is 40.9 Å². The number of nitro benzene ring substituents is 1. The van der Waals surface area contributed by atoms with E-state index in [4.69, 9.17) is 0 Å². The van der Waals surface area contributed by atoms with E-state index < -0.39 is 27.2 Å². The lowest BCUT2D eigenvalue weighted by atomic mass is 10.2. The van der Waals surface area contributed by atoms with Crippen molar-refractivity contribution in [3.63, 3.8) is 0 Å². The van der Waals surface area contributed by atoms with E-state index in [0.717, 1.165) is 6.07 Å². The topological polar surface area (TPSA) is 43.1 Å². The van der Waals surface area contributed by atoms with Crippen LogP contribution in [-0.2, 0) is 6.18 Å². The molecule has 0 spiro atoms. The first-order valence-corrected chi connectivity index (χ1v) is 5.00. The standard InChI is InChI=1S/C7H3F3INO2S/c8-7(9,10)5-4(15)2-1-3(11)6(5)12(13)14/h1-2,15H. The molecule has 1 aromatic rings. The molecule has 0 aliphatic heterocycles. The fourth-order valence-corrected chi connectivity index (χ4v) is 1.97. The van der Waals surface area contributed by atoms with Gasteiger partial charge in [-0.1, -0.05) is 0 Å². The Kier molecular flexibility index (Phi) is 3.48. The van der Waals surface area contributed by atoms with Crippen molar-refractivity contribution in [1.82, 2.24) is 0 Å². The molecule has 0 saturated heterocycles. The molecule has 0 atom stereocenters. The van der Waals surface area contributed by atoms with Crippen molar-refractivity contribution in [2.24, 2.45) is 0 Å². The van der Waals surface area contributed by atoms with Gasteiger partial charge in [0.15, 0.2) is 0 Å². The van der Waals surface area contributed by atoms with Crippen molar-refractivity contribution in [3.05, 3.63) is 31.4 Å². The Labute approximate surface area is 101 Å². The Balaban J connectivity index is 3.60. The molecular weight excluding hydrogens is 346 g/mol. The maximum absolute atomic E-state index is 12.5. The van der Waals surface area contributed by atoms with Gasteiger partial charge in [0.2, 0.25) is 0 Å². The predicted molar refractivity (Wildman–Crippen MR) is 58.1 cm³/mol. The van der Waals surface area contributed by atoms with Crippen LogP contribution in [0.1, 0.15) is 5.56 Å². The zero-order chi connectivity index (χ0) is 11.8. The Bertz CT molecular complexity index is 421. The number of nitro groups is 1. The summed E-state index contributed by atoms with van der Waals surface area (Å²) in [5.41, 5.74) is -2.25. The van der Waals surface area contributed by atoms with Gasteiger partial charge in [0.25, 0.3) is 5.69 Å². The number of hydrogen-bond acceptors (Lipinski definition) is 3. The van der Waals surface area contributed by atoms with Gasteiger partial charge in [0, 0.05) is 4.90 Å². The van der Waals surface area contributed by atoms with Crippen LogP contribution in [0, 0.1) is 13.7 Å². The van der Waals surface area contributed by atoms with E-state index in [0.29, 0.717) is 0 Å². The molecule has 82 valence electrons. The van der Waals surface area contributed by atoms with E-state index in [1.165, 1.54) is 28.7 Å². The smallest absolute Gasteiger partial charge is 0.258 e. The van der Waals surface area contributed by atoms with Crippen molar-refractivity contribution in [2.75, 3.05) is 0 Å². The van der Waals surface area contributed by atoms with Crippen molar-refractivity contribution in [2.45, 2.75) is 11.1 Å². The van der Waals surface area contributed by atoms with Gasteiger partial charge in [0.05, 0.1) is 8.49 Å². The van der Waals surface area contributed by atoms with Crippen LogP contribution in [0.15, 0.2) is 17.0 Å². The van der Waals surface area contributed by atoms with Crippen LogP contribution in [0.25, 0.3) is 0 Å². The lowest BCUT2D eigenvalue weighted by Gasteiger charge is -2.10. The number of halogens is 4. The molecular formula is C7H3F3INO2S. The summed E-state index contributed by atoms with van der Waals surface area (Å²) in [6.07, 6.45) is -4.78. The summed E-state index contributed by atoms with van der Waals surface area (Å²) in [4.78, 5) is 9.01. The quantitative estimate of drug-likeness (QED) is 0.365. The number of alkyl halides is 3. The Morgan fingerprint density at radius 1 is 1.40 bits per heavy atom. The van der Waals surface area contributed by atoms with Crippen LogP contribution >= 0.6 is 35.2 Å². The van der Waals surface area contributed by atoms with Gasteiger partial charge in [-0.05, 0) is 34.7 Å². The SMILES string of the molecule is O=[N+]([O-])c1c(I)ccc(S)c1C(F)(F)F. The molecule has 0 heterocycles. The van der Waals surface area contributed by atoms with Gasteiger partial charge in [-0.25, -0.2) is 0 Å². The molecule has 0 N–H and O–H groups in total. The molecule has 0 radical (unpaired) electrons. The van der Waals surface area contributed by atoms with Crippen molar-refractivity contribution in [3.8, 4) is 0 Å². The zero-order valence-electron chi connectivity index (χ0n) is 6.88. The molecule has 1 aromatic carbocycles. The summed E-state index contributed by atoms with van der Waals surface area (Å²) >= 11 is 5.06. The van der Waals surface area contributed by atoms with Crippen molar-refractivity contribution < 1.29 is 18.1 Å². The first kappa shape index (κ1) is 12.6. The Hall–Kier alpha value is -0.510. The predicted octanol–water partition coefficient (Wildman–Crippen LogP) is 3.51. The van der Waals surface area contributed by atoms with Crippen LogP contribution in [0.4, 0.5) is 18.9 Å². The highest BCUT2D eigenvalue weighted by molar-refractivity contribution is 14.1. The van der Waals surface area contributed by atoms with E-state index in [1.54, 1.807) is 0 Å². The molecule has 8 heteroatoms. The third kappa shape index (κ3) is 2.54. The minimum atomic E-state index is -4.78. The molecule has 0 fully saturated rings. The zero-order valence-corrected chi connectivity index (χ0v) is 9.93. The minimum absolute atomic E-state index is 0.0669. The first-order valence-electron chi connectivity index (χ1n) is 3.48. The molecule has 0 bridgehead atoms. The summed E-state index contributed by atoms with van der Waals surface area (Å²) in [5, 5.41) is 10.5. The lowest BCUT2D eigenvalue weighted by Crippen LogP contribution is -2.11. The van der Waals surface area contributed by atoms with Gasteiger partial charge < -0.3 is 0 Å². The summed E-state index contributed by atoms with van der Waals surface area (Å²) in [6.45, 7) is 0. The Morgan fingerprint density at radius 2 is 1.93 bits per heavy atom. The molecule has 15 heavy (non-hydrogen) atoms. The highest BCUT2D eigenvalue weighted by atomic mass is 127. The van der Waals surface area contributed by atoms with E-state index in [-0.39, 0.29) is 3.57 Å². The summed E-state index contributed by atoms with van der Waals surface area (Å²) in [6, 6.07) is 2.30. The average molecular weight is 349 g/mol. The van der Waals surface area contributed by atoms with Gasteiger partial charge in [0.1, 0.15) is 5.56 Å². The monoisotopic (exact) mass is 349 g/mol. The summed E-state index contributed by atoms with van der Waals surface area (Å²) in [7, 11) is 0. The van der Waals surface area contributed by atoms with Gasteiger partial charge in [-0.2, -0.15) is 13.2 Å². The highest BCUT2D eigenvalue weighted by Gasteiger charge is 2.41. The third-order valence-corrected chi connectivity index (χ3v) is 2.82. The number of rotatable bonds is 1. The second kappa shape index (κ2) is 4.16. The average Bonchev–Trinajstić information content (AvgIpc) is 2.05. The van der Waals surface area contributed by atoms with E-state index in [1.807, 2.05) is 0 Å². The number of nitrogens with zero attached hydrogens (tertiary/aromatic N) is 1. The van der Waals surface area contributed by atoms with E-state index in [2.05, 4.69) is 12.6 Å². The van der Waals surface area contributed by atoms with Crippen LogP contribution in [-0.4, -0.2) is 4.92 Å². The van der Waals surface area contributed by atoms with Crippen LogP contribution in [0.5, 0.6) is 0 Å². The molecule has 0 aliphatic carbocycles. The lowest BCUT2D eigenvalue weighted by molar-refractivity contribution is -0.389. The van der Waals surface area contributed by atoms with Crippen LogP contribution in [0.2, 0.25) is 0 Å². The third-order valence-electron chi connectivity index (χ3n) is 1.57. The van der Waals surface area contributed by atoms with Crippen LogP contribution < -0.4 is 0 Å². The van der Waals surface area contributed by atoms with Gasteiger partial charge >= 0.3 is 6.18 Å². The fraction of sp³-hybridized carbons (Fsp3) is 0.143. The summed E-state index contributed by atoms with van der Waals surface area (Å²) < 4.78 is 37.4. The largest absolute Gasteiger partial charge is 0.424 e. The van der Waals surface area contributed by atoms with Gasteiger partial charge in [-0.3, -0.25) is 10.1 Å². The second-order valence-electron chi connectivity index (χ2n) is 2.54. The van der Waals surface area contributed by atoms with E-state index >= 15 is 0 Å². The van der Waals surface area contributed by atoms with Gasteiger partial charge in [-0.15, -0.1) is 12.6 Å². The van der Waals surface area contributed by atoms with Crippen LogP contribution in [0.3, 0.4) is 0 Å². The first-order chi connectivity index (χ1) is 6.75. The molecule has 0 unspecified atom stereocenters. The maximum Gasteiger partial charge on any atom is 0.424 e. The minimum Gasteiger partial charge on any atom is -0.258 e. The number of benzene rings is 1. The molecule has 0 amide bonds. The molecule has 0 aliphatic rings. The molecule has 0 aromatic heterocycles. The Morgan fingerprint density at radius 3 is 2.27 bits per heavy atom. The second-order valence-corrected chi connectivity index (χ2v) is 4.19.